The second kappa shape index (κ2) is 4.96. The molecular weight excluding hydrogens is 252 g/mol. The molecule has 3 rings (SSSR count). The molecule has 4 nitrogen and oxygen atoms in total. The van der Waals surface area contributed by atoms with Gasteiger partial charge in [-0.3, -0.25) is 9.48 Å². The summed E-state index contributed by atoms with van der Waals surface area (Å²) in [5.74, 6) is 0.711. The van der Waals surface area contributed by atoms with Crippen molar-refractivity contribution in [2.75, 3.05) is 0 Å². The third-order valence-electron chi connectivity index (χ3n) is 3.51. The maximum atomic E-state index is 11.2. The van der Waals surface area contributed by atoms with Crippen LogP contribution in [-0.4, -0.2) is 16.1 Å². The largest absolute Gasteiger partial charge is 0.454 e. The summed E-state index contributed by atoms with van der Waals surface area (Å²) in [6.07, 6.45) is 3.43. The van der Waals surface area contributed by atoms with Gasteiger partial charge in [0.05, 0.1) is 5.56 Å². The first kappa shape index (κ1) is 12.7. The average Bonchev–Trinajstić information content (AvgIpc) is 3.07. The minimum atomic E-state index is 0.570. The highest BCUT2D eigenvalue weighted by Gasteiger charge is 2.20. The van der Waals surface area contributed by atoms with Crippen LogP contribution in [0.5, 0.6) is 0 Å². The number of nitrogens with zero attached hydrogens (tertiary/aromatic N) is 2. The van der Waals surface area contributed by atoms with Gasteiger partial charge in [0.1, 0.15) is 11.3 Å². The number of carbonyl (C=O) groups excluding carboxylic acids is 1. The molecule has 4 heteroatoms. The molecule has 0 unspecified atom stereocenters. The number of aromatic nitrogens is 2. The quantitative estimate of drug-likeness (QED) is 0.678. The molecule has 0 saturated heterocycles. The Balaban J connectivity index is 2.28. The lowest BCUT2D eigenvalue weighted by Gasteiger charge is -1.97. The van der Waals surface area contributed by atoms with Gasteiger partial charge in [0.15, 0.2) is 12.0 Å². The van der Waals surface area contributed by atoms with E-state index in [2.05, 4.69) is 12.0 Å². The van der Waals surface area contributed by atoms with Gasteiger partial charge in [-0.2, -0.15) is 5.10 Å². The van der Waals surface area contributed by atoms with Crippen LogP contribution < -0.4 is 0 Å². The first-order valence-electron chi connectivity index (χ1n) is 6.81. The summed E-state index contributed by atoms with van der Waals surface area (Å²) in [4.78, 5) is 11.2. The molecule has 3 aromatic rings. The van der Waals surface area contributed by atoms with Crippen molar-refractivity contribution in [3.8, 4) is 11.5 Å². The fraction of sp³-hybridized carbons (Fsp3) is 0.250. The van der Waals surface area contributed by atoms with Crippen molar-refractivity contribution in [3.05, 3.63) is 41.6 Å². The molecule has 0 aliphatic heterocycles. The van der Waals surface area contributed by atoms with Gasteiger partial charge >= 0.3 is 0 Å². The predicted octanol–water partition coefficient (Wildman–Crippen LogP) is 3.69. The van der Waals surface area contributed by atoms with E-state index in [-0.39, 0.29) is 0 Å². The topological polar surface area (TPSA) is 48.0 Å². The molecular formula is C16H16N2O2. The van der Waals surface area contributed by atoms with Crippen LogP contribution in [0.3, 0.4) is 0 Å². The van der Waals surface area contributed by atoms with E-state index in [1.54, 1.807) is 10.9 Å². The van der Waals surface area contributed by atoms with E-state index in [9.17, 15) is 4.79 Å². The highest BCUT2D eigenvalue weighted by atomic mass is 16.3. The van der Waals surface area contributed by atoms with Gasteiger partial charge in [-0.1, -0.05) is 25.1 Å². The van der Waals surface area contributed by atoms with E-state index in [1.807, 2.05) is 31.2 Å². The number of aryl methyl sites for hydroxylation is 2. The van der Waals surface area contributed by atoms with E-state index in [0.717, 1.165) is 35.8 Å². The SMILES string of the molecule is CCc1c(-c2nn(CC)cc2C=O)oc2ccccc12. The normalized spacial score (nSPS) is 11.1. The van der Waals surface area contributed by atoms with Crippen LogP contribution in [-0.2, 0) is 13.0 Å². The lowest BCUT2D eigenvalue weighted by Crippen LogP contribution is -1.94. The number of rotatable bonds is 4. The molecule has 0 fully saturated rings. The van der Waals surface area contributed by atoms with Gasteiger partial charge in [0.25, 0.3) is 0 Å². The minimum absolute atomic E-state index is 0.570. The Labute approximate surface area is 117 Å². The summed E-state index contributed by atoms with van der Waals surface area (Å²) in [5, 5.41) is 5.56. The summed E-state index contributed by atoms with van der Waals surface area (Å²) >= 11 is 0. The molecule has 2 aromatic heterocycles. The Morgan fingerprint density at radius 1 is 1.30 bits per heavy atom. The number of benzene rings is 1. The summed E-state index contributed by atoms with van der Waals surface area (Å²) in [6, 6.07) is 7.92. The van der Waals surface area contributed by atoms with Crippen molar-refractivity contribution in [1.82, 2.24) is 9.78 Å². The van der Waals surface area contributed by atoms with Gasteiger partial charge in [0, 0.05) is 23.7 Å². The Morgan fingerprint density at radius 2 is 2.10 bits per heavy atom. The second-order valence-corrected chi connectivity index (χ2v) is 4.67. The van der Waals surface area contributed by atoms with Crippen molar-refractivity contribution in [2.24, 2.45) is 0 Å². The minimum Gasteiger partial charge on any atom is -0.454 e. The van der Waals surface area contributed by atoms with Crippen LogP contribution in [0.15, 0.2) is 34.9 Å². The van der Waals surface area contributed by atoms with Gasteiger partial charge in [-0.05, 0) is 19.4 Å². The highest BCUT2D eigenvalue weighted by molar-refractivity contribution is 5.91. The van der Waals surface area contributed by atoms with Gasteiger partial charge < -0.3 is 4.42 Å². The molecule has 0 spiro atoms. The molecule has 102 valence electrons. The molecule has 1 aromatic carbocycles. The number of carbonyl (C=O) groups is 1. The zero-order valence-corrected chi connectivity index (χ0v) is 11.6. The molecule has 0 radical (unpaired) electrons. The first-order chi connectivity index (χ1) is 9.78. The van der Waals surface area contributed by atoms with Crippen LogP contribution in [0.2, 0.25) is 0 Å². The molecule has 0 saturated carbocycles. The van der Waals surface area contributed by atoms with Crippen LogP contribution in [0.1, 0.15) is 29.8 Å². The van der Waals surface area contributed by atoms with E-state index < -0.39 is 0 Å². The van der Waals surface area contributed by atoms with Gasteiger partial charge in [-0.25, -0.2) is 0 Å². The number of hydrogen-bond donors (Lipinski definition) is 0. The third-order valence-corrected chi connectivity index (χ3v) is 3.51. The number of para-hydroxylation sites is 1. The molecule has 0 N–H and O–H groups in total. The van der Waals surface area contributed by atoms with Crippen LogP contribution in [0.4, 0.5) is 0 Å². The monoisotopic (exact) mass is 268 g/mol. The van der Waals surface area contributed by atoms with E-state index in [0.29, 0.717) is 17.0 Å². The van der Waals surface area contributed by atoms with Crippen LogP contribution >= 0.6 is 0 Å². The average molecular weight is 268 g/mol. The Morgan fingerprint density at radius 3 is 2.80 bits per heavy atom. The fourth-order valence-corrected chi connectivity index (χ4v) is 2.50. The third kappa shape index (κ3) is 1.84. The number of furan rings is 1. The molecule has 0 bridgehead atoms. The van der Waals surface area contributed by atoms with Gasteiger partial charge in [0.2, 0.25) is 0 Å². The number of fused-ring (bicyclic) bond motifs is 1. The molecule has 0 aliphatic rings. The summed E-state index contributed by atoms with van der Waals surface area (Å²) in [7, 11) is 0. The predicted molar refractivity (Wildman–Crippen MR) is 77.9 cm³/mol. The highest BCUT2D eigenvalue weighted by Crippen LogP contribution is 2.34. The smallest absolute Gasteiger partial charge is 0.159 e. The van der Waals surface area contributed by atoms with E-state index in [4.69, 9.17) is 4.42 Å². The van der Waals surface area contributed by atoms with Crippen molar-refractivity contribution >= 4 is 17.3 Å². The van der Waals surface area contributed by atoms with Crippen molar-refractivity contribution in [2.45, 2.75) is 26.8 Å². The van der Waals surface area contributed by atoms with Crippen molar-refractivity contribution in [1.29, 1.82) is 0 Å². The standard InChI is InChI=1S/C16H16N2O2/c1-3-12-13-7-5-6-8-14(13)20-16(12)15-11(10-19)9-18(4-2)17-15/h5-10H,3-4H2,1-2H3. The van der Waals surface area contributed by atoms with E-state index in [1.165, 1.54) is 0 Å². The Kier molecular flexibility index (Phi) is 3.14. The molecule has 0 atom stereocenters. The zero-order valence-electron chi connectivity index (χ0n) is 11.6. The lowest BCUT2D eigenvalue weighted by atomic mass is 10.1. The molecule has 0 amide bonds. The van der Waals surface area contributed by atoms with Crippen LogP contribution in [0, 0.1) is 0 Å². The first-order valence-corrected chi connectivity index (χ1v) is 6.81. The maximum absolute atomic E-state index is 11.2. The molecule has 2 heterocycles. The summed E-state index contributed by atoms with van der Waals surface area (Å²) < 4.78 is 7.70. The maximum Gasteiger partial charge on any atom is 0.159 e. The van der Waals surface area contributed by atoms with Gasteiger partial charge in [-0.15, -0.1) is 0 Å². The Bertz CT molecular complexity index is 768. The zero-order chi connectivity index (χ0) is 14.1. The van der Waals surface area contributed by atoms with Crippen molar-refractivity contribution < 1.29 is 9.21 Å². The number of aldehydes is 1. The Hall–Kier alpha value is -2.36. The molecule has 0 aliphatic carbocycles. The molecule has 20 heavy (non-hydrogen) atoms. The van der Waals surface area contributed by atoms with Crippen LogP contribution in [0.25, 0.3) is 22.4 Å². The van der Waals surface area contributed by atoms with Crippen molar-refractivity contribution in [3.63, 3.8) is 0 Å². The lowest BCUT2D eigenvalue weighted by molar-refractivity contribution is 0.112. The summed E-state index contributed by atoms with van der Waals surface area (Å²) in [6.45, 7) is 4.80. The summed E-state index contributed by atoms with van der Waals surface area (Å²) in [5.41, 5.74) is 3.14. The second-order valence-electron chi connectivity index (χ2n) is 4.67. The van der Waals surface area contributed by atoms with E-state index >= 15 is 0 Å². The number of hydrogen-bond acceptors (Lipinski definition) is 3. The fourth-order valence-electron chi connectivity index (χ4n) is 2.50.